The molecule has 0 radical (unpaired) electrons. The van der Waals surface area contributed by atoms with Crippen molar-refractivity contribution in [1.82, 2.24) is 4.90 Å². The van der Waals surface area contributed by atoms with E-state index in [1.54, 1.807) is 13.1 Å². The van der Waals surface area contributed by atoms with Crippen molar-refractivity contribution in [2.45, 2.75) is 13.3 Å². The summed E-state index contributed by atoms with van der Waals surface area (Å²) in [6, 6.07) is 5.18. The van der Waals surface area contributed by atoms with E-state index in [1.165, 1.54) is 4.90 Å². The van der Waals surface area contributed by atoms with Gasteiger partial charge in [-0.2, -0.15) is 0 Å². The van der Waals surface area contributed by atoms with Gasteiger partial charge in [-0.15, -0.1) is 0 Å². The van der Waals surface area contributed by atoms with E-state index in [-0.39, 0.29) is 19.0 Å². The normalized spacial score (nSPS) is 9.94. The van der Waals surface area contributed by atoms with E-state index in [0.717, 1.165) is 10.0 Å². The van der Waals surface area contributed by atoms with Gasteiger partial charge in [0.1, 0.15) is 0 Å². The number of rotatable bonds is 4. The molecule has 0 aliphatic rings. The average molecular weight is 315 g/mol. The molecule has 0 aromatic heterocycles. The molecule has 0 fully saturated rings. The Morgan fingerprint density at radius 2 is 2.11 bits per heavy atom. The van der Waals surface area contributed by atoms with Crippen LogP contribution >= 0.6 is 15.9 Å². The van der Waals surface area contributed by atoms with Gasteiger partial charge in [0.25, 0.3) is 0 Å². The summed E-state index contributed by atoms with van der Waals surface area (Å²) in [5.74, 6) is -0.923. The summed E-state index contributed by atoms with van der Waals surface area (Å²) in [7, 11) is 1.56. The minimum absolute atomic E-state index is 0.0681. The first-order valence-corrected chi connectivity index (χ1v) is 6.20. The molecule has 0 spiro atoms. The van der Waals surface area contributed by atoms with Gasteiger partial charge in [0.15, 0.2) is 0 Å². The lowest BCUT2D eigenvalue weighted by Crippen LogP contribution is -2.33. The van der Waals surface area contributed by atoms with E-state index >= 15 is 0 Å². The number of amides is 2. The number of carboxylic acid groups (broad SMARTS) is 1. The molecule has 18 heavy (non-hydrogen) atoms. The maximum Gasteiger partial charge on any atom is 0.321 e. The Kier molecular flexibility index (Phi) is 5.15. The number of hydrogen-bond donors (Lipinski definition) is 2. The summed E-state index contributed by atoms with van der Waals surface area (Å²) in [6.07, 6.45) is -0.0681. The van der Waals surface area contributed by atoms with Crippen molar-refractivity contribution in [1.29, 1.82) is 0 Å². The maximum absolute atomic E-state index is 11.8. The van der Waals surface area contributed by atoms with Crippen molar-refractivity contribution in [3.63, 3.8) is 0 Å². The fourth-order valence-electron chi connectivity index (χ4n) is 1.32. The zero-order chi connectivity index (χ0) is 13.7. The van der Waals surface area contributed by atoms with Crippen LogP contribution in [0.1, 0.15) is 12.0 Å². The van der Waals surface area contributed by atoms with Gasteiger partial charge in [0.2, 0.25) is 0 Å². The number of benzene rings is 1. The van der Waals surface area contributed by atoms with Gasteiger partial charge in [0.05, 0.1) is 6.42 Å². The largest absolute Gasteiger partial charge is 0.481 e. The van der Waals surface area contributed by atoms with E-state index in [4.69, 9.17) is 5.11 Å². The first-order chi connectivity index (χ1) is 8.41. The van der Waals surface area contributed by atoms with E-state index in [0.29, 0.717) is 5.69 Å². The molecule has 2 N–H and O–H groups in total. The van der Waals surface area contributed by atoms with Crippen LogP contribution in [0.4, 0.5) is 10.5 Å². The Balaban J connectivity index is 2.64. The monoisotopic (exact) mass is 314 g/mol. The SMILES string of the molecule is Cc1c(Br)cccc1NC(=O)N(C)CCC(=O)O. The summed E-state index contributed by atoms with van der Waals surface area (Å²) >= 11 is 3.38. The fourth-order valence-corrected chi connectivity index (χ4v) is 1.68. The fraction of sp³-hybridized carbons (Fsp3) is 0.333. The lowest BCUT2D eigenvalue weighted by Gasteiger charge is -2.18. The molecule has 98 valence electrons. The summed E-state index contributed by atoms with van der Waals surface area (Å²) in [6.45, 7) is 2.06. The van der Waals surface area contributed by atoms with E-state index < -0.39 is 5.97 Å². The molecule has 1 rings (SSSR count). The number of nitrogens with one attached hydrogen (secondary N) is 1. The molecule has 6 heteroatoms. The second-order valence-corrected chi connectivity index (χ2v) is 4.76. The van der Waals surface area contributed by atoms with Crippen LogP contribution in [0.15, 0.2) is 22.7 Å². The van der Waals surface area contributed by atoms with Crippen molar-refractivity contribution < 1.29 is 14.7 Å². The number of carbonyl (C=O) groups is 2. The van der Waals surface area contributed by atoms with Crippen LogP contribution < -0.4 is 5.32 Å². The Hall–Kier alpha value is -1.56. The standard InChI is InChI=1S/C12H15BrN2O3/c1-8-9(13)4-3-5-10(8)14-12(18)15(2)7-6-11(16)17/h3-5H,6-7H2,1-2H3,(H,14,18)(H,16,17). The van der Waals surface area contributed by atoms with Crippen LogP contribution in [0.5, 0.6) is 0 Å². The first-order valence-electron chi connectivity index (χ1n) is 5.41. The van der Waals surface area contributed by atoms with Gasteiger partial charge in [-0.1, -0.05) is 22.0 Å². The third-order valence-electron chi connectivity index (χ3n) is 2.52. The number of halogens is 1. The minimum atomic E-state index is -0.923. The summed E-state index contributed by atoms with van der Waals surface area (Å²) in [5.41, 5.74) is 1.63. The molecule has 0 unspecified atom stereocenters. The molecule has 5 nitrogen and oxygen atoms in total. The highest BCUT2D eigenvalue weighted by Gasteiger charge is 2.11. The lowest BCUT2D eigenvalue weighted by molar-refractivity contribution is -0.137. The van der Waals surface area contributed by atoms with Crippen LogP contribution in [0.25, 0.3) is 0 Å². The van der Waals surface area contributed by atoms with Crippen molar-refractivity contribution in [3.05, 3.63) is 28.2 Å². The number of anilines is 1. The predicted molar refractivity (Wildman–Crippen MR) is 72.8 cm³/mol. The molecule has 0 atom stereocenters. The van der Waals surface area contributed by atoms with Crippen molar-refractivity contribution in [2.75, 3.05) is 18.9 Å². The van der Waals surface area contributed by atoms with Gasteiger partial charge in [-0.25, -0.2) is 4.79 Å². The topological polar surface area (TPSA) is 69.6 Å². The van der Waals surface area contributed by atoms with Crippen molar-refractivity contribution in [2.24, 2.45) is 0 Å². The molecule has 0 aliphatic heterocycles. The second kappa shape index (κ2) is 6.39. The zero-order valence-corrected chi connectivity index (χ0v) is 11.8. The molecule has 0 saturated heterocycles. The first kappa shape index (κ1) is 14.5. The van der Waals surface area contributed by atoms with Crippen molar-refractivity contribution in [3.8, 4) is 0 Å². The number of nitrogens with zero attached hydrogens (tertiary/aromatic N) is 1. The number of aliphatic carboxylic acids is 1. The number of hydrogen-bond acceptors (Lipinski definition) is 2. The van der Waals surface area contributed by atoms with Gasteiger partial charge in [-0.05, 0) is 24.6 Å². The lowest BCUT2D eigenvalue weighted by atomic mass is 10.2. The van der Waals surface area contributed by atoms with E-state index in [2.05, 4.69) is 21.2 Å². The highest BCUT2D eigenvalue weighted by Crippen LogP contribution is 2.23. The van der Waals surface area contributed by atoms with Gasteiger partial charge < -0.3 is 15.3 Å². The molecule has 0 heterocycles. The molecule has 0 bridgehead atoms. The van der Waals surface area contributed by atoms with E-state index in [9.17, 15) is 9.59 Å². The summed E-state index contributed by atoms with van der Waals surface area (Å²) in [4.78, 5) is 23.6. The Bertz CT molecular complexity index is 463. The highest BCUT2D eigenvalue weighted by atomic mass is 79.9. The van der Waals surface area contributed by atoms with Crippen LogP contribution in [-0.4, -0.2) is 35.6 Å². The molecule has 0 saturated carbocycles. The number of carbonyl (C=O) groups excluding carboxylic acids is 1. The molecule has 0 aliphatic carbocycles. The molecular formula is C12H15BrN2O3. The van der Waals surface area contributed by atoms with Crippen LogP contribution in [-0.2, 0) is 4.79 Å². The molecule has 1 aromatic rings. The quantitative estimate of drug-likeness (QED) is 0.897. The van der Waals surface area contributed by atoms with Gasteiger partial charge in [-0.3, -0.25) is 4.79 Å². The van der Waals surface area contributed by atoms with Crippen LogP contribution in [0.3, 0.4) is 0 Å². The predicted octanol–water partition coefficient (Wildman–Crippen LogP) is 2.70. The third kappa shape index (κ3) is 4.03. The minimum Gasteiger partial charge on any atom is -0.481 e. The van der Waals surface area contributed by atoms with Crippen LogP contribution in [0.2, 0.25) is 0 Å². The smallest absolute Gasteiger partial charge is 0.321 e. The van der Waals surface area contributed by atoms with E-state index in [1.807, 2.05) is 19.1 Å². The van der Waals surface area contributed by atoms with Gasteiger partial charge >= 0.3 is 12.0 Å². The second-order valence-electron chi connectivity index (χ2n) is 3.91. The number of carboxylic acids is 1. The van der Waals surface area contributed by atoms with Crippen molar-refractivity contribution >= 4 is 33.6 Å². The Morgan fingerprint density at radius 1 is 1.44 bits per heavy atom. The molecule has 2 amide bonds. The summed E-state index contributed by atoms with van der Waals surface area (Å²) in [5, 5.41) is 11.3. The number of urea groups is 1. The Morgan fingerprint density at radius 3 is 2.72 bits per heavy atom. The molecule has 1 aromatic carbocycles. The van der Waals surface area contributed by atoms with Gasteiger partial charge in [0, 0.05) is 23.8 Å². The summed E-state index contributed by atoms with van der Waals surface area (Å²) < 4.78 is 0.911. The highest BCUT2D eigenvalue weighted by molar-refractivity contribution is 9.10. The molecular weight excluding hydrogens is 300 g/mol. The average Bonchev–Trinajstić information content (AvgIpc) is 2.31. The third-order valence-corrected chi connectivity index (χ3v) is 3.38. The Labute approximate surface area is 114 Å². The van der Waals surface area contributed by atoms with Crippen LogP contribution in [0, 0.1) is 6.92 Å². The zero-order valence-electron chi connectivity index (χ0n) is 10.2. The maximum atomic E-state index is 11.8.